The summed E-state index contributed by atoms with van der Waals surface area (Å²) >= 11 is 0. The molecule has 0 saturated carbocycles. The van der Waals surface area contributed by atoms with Crippen molar-refractivity contribution < 1.29 is 23.9 Å². The molecule has 0 aromatic heterocycles. The molecule has 1 aliphatic rings. The summed E-state index contributed by atoms with van der Waals surface area (Å²) < 4.78 is 9.19. The number of hydrogen-bond donors (Lipinski definition) is 1. The molecule has 0 unspecified atom stereocenters. The highest BCUT2D eigenvalue weighted by atomic mass is 16.6. The minimum absolute atomic E-state index is 0.207. The highest BCUT2D eigenvalue weighted by Gasteiger charge is 2.35. The highest BCUT2D eigenvalue weighted by molar-refractivity contribution is 5.97. The lowest BCUT2D eigenvalue weighted by Crippen LogP contribution is -2.34. The normalized spacial score (nSPS) is 20.9. The molecule has 0 aromatic carbocycles. The highest BCUT2D eigenvalue weighted by Crippen LogP contribution is 2.11. The maximum atomic E-state index is 11.3. The van der Waals surface area contributed by atoms with Gasteiger partial charge in [0.05, 0.1) is 6.42 Å². The molecule has 1 atom stereocenters. The monoisotopic (exact) mass is 215 g/mol. The molecular weight excluding hydrogens is 202 g/mol. The summed E-state index contributed by atoms with van der Waals surface area (Å²) in [5.74, 6) is -1.29. The van der Waals surface area contributed by atoms with Crippen molar-refractivity contribution in [2.24, 2.45) is 0 Å². The number of ether oxygens (including phenoxy) is 2. The number of alkyl carbamates (subject to hydrolysis) is 1. The number of carbonyl (C=O) groups excluding carboxylic acids is 3. The van der Waals surface area contributed by atoms with E-state index in [0.717, 1.165) is 0 Å². The maximum absolute atomic E-state index is 11.3. The Hall–Kier alpha value is -1.59. The van der Waals surface area contributed by atoms with Crippen LogP contribution in [-0.2, 0) is 19.1 Å². The number of rotatable bonds is 2. The molecule has 1 heterocycles. The standard InChI is InChI=1S/C9H13NO5/c1-9(2,3)15-6(11)4-5-7(12)14-8(13)10-5/h5H,4H2,1-3H3,(H,10,13)/t5-/m1/s1. The molecule has 6 heteroatoms. The van der Waals surface area contributed by atoms with Crippen molar-refractivity contribution in [1.29, 1.82) is 0 Å². The minimum Gasteiger partial charge on any atom is -0.460 e. The van der Waals surface area contributed by atoms with E-state index in [2.05, 4.69) is 10.1 Å². The van der Waals surface area contributed by atoms with E-state index in [9.17, 15) is 14.4 Å². The molecule has 0 spiro atoms. The molecule has 1 saturated heterocycles. The Labute approximate surface area is 86.9 Å². The van der Waals surface area contributed by atoms with Crippen molar-refractivity contribution >= 4 is 18.0 Å². The Kier molecular flexibility index (Phi) is 2.97. The second kappa shape index (κ2) is 3.88. The van der Waals surface area contributed by atoms with Crippen molar-refractivity contribution in [3.05, 3.63) is 0 Å². The van der Waals surface area contributed by atoms with E-state index in [4.69, 9.17) is 4.74 Å². The predicted octanol–water partition coefficient (Wildman–Crippen LogP) is 0.353. The van der Waals surface area contributed by atoms with E-state index in [1.807, 2.05) is 0 Å². The van der Waals surface area contributed by atoms with Gasteiger partial charge in [-0.05, 0) is 20.8 Å². The molecule has 0 aromatic rings. The molecule has 1 rings (SSSR count). The minimum atomic E-state index is -0.924. The first-order valence-electron chi connectivity index (χ1n) is 4.52. The number of nitrogens with one attached hydrogen (secondary N) is 1. The summed E-state index contributed by atoms with van der Waals surface area (Å²) in [5.41, 5.74) is -0.608. The van der Waals surface area contributed by atoms with Crippen molar-refractivity contribution in [2.45, 2.75) is 38.8 Å². The average molecular weight is 215 g/mol. The molecule has 15 heavy (non-hydrogen) atoms. The van der Waals surface area contributed by atoms with Gasteiger partial charge in [-0.3, -0.25) is 4.79 Å². The lowest BCUT2D eigenvalue weighted by atomic mass is 10.2. The van der Waals surface area contributed by atoms with E-state index >= 15 is 0 Å². The van der Waals surface area contributed by atoms with Gasteiger partial charge in [-0.2, -0.15) is 0 Å². The van der Waals surface area contributed by atoms with Gasteiger partial charge in [0.15, 0.2) is 0 Å². The first-order valence-corrected chi connectivity index (χ1v) is 4.52. The van der Waals surface area contributed by atoms with Crippen LogP contribution in [0.15, 0.2) is 0 Å². The van der Waals surface area contributed by atoms with Crippen LogP contribution in [0, 0.1) is 0 Å². The fourth-order valence-electron chi connectivity index (χ4n) is 1.08. The van der Waals surface area contributed by atoms with Gasteiger partial charge in [0.1, 0.15) is 11.6 Å². The van der Waals surface area contributed by atoms with E-state index in [-0.39, 0.29) is 6.42 Å². The second-order valence-electron chi connectivity index (χ2n) is 4.20. The van der Waals surface area contributed by atoms with Crippen LogP contribution in [0.25, 0.3) is 0 Å². The summed E-state index contributed by atoms with van der Waals surface area (Å²) in [6.45, 7) is 5.16. The average Bonchev–Trinajstić information content (AvgIpc) is 2.25. The van der Waals surface area contributed by atoms with Crippen molar-refractivity contribution in [1.82, 2.24) is 5.32 Å². The maximum Gasteiger partial charge on any atom is 0.415 e. The molecule has 84 valence electrons. The van der Waals surface area contributed by atoms with Gasteiger partial charge in [0.25, 0.3) is 0 Å². The Morgan fingerprint density at radius 2 is 2.07 bits per heavy atom. The van der Waals surface area contributed by atoms with Gasteiger partial charge in [0.2, 0.25) is 0 Å². The van der Waals surface area contributed by atoms with Crippen LogP contribution in [0.4, 0.5) is 4.79 Å². The van der Waals surface area contributed by atoms with Crippen molar-refractivity contribution in [2.75, 3.05) is 0 Å². The van der Waals surface area contributed by atoms with Crippen LogP contribution in [0.3, 0.4) is 0 Å². The molecule has 1 aliphatic heterocycles. The number of esters is 2. The van der Waals surface area contributed by atoms with Crippen LogP contribution in [0.5, 0.6) is 0 Å². The number of carbonyl (C=O) groups is 3. The third-order valence-corrected chi connectivity index (χ3v) is 1.56. The molecular formula is C9H13NO5. The summed E-state index contributed by atoms with van der Waals surface area (Å²) in [6.07, 6.45) is -1.03. The van der Waals surface area contributed by atoms with Crippen molar-refractivity contribution in [3.8, 4) is 0 Å². The Bertz CT molecular complexity index is 304. The third kappa shape index (κ3) is 3.57. The Morgan fingerprint density at radius 1 is 1.47 bits per heavy atom. The molecule has 0 bridgehead atoms. The fourth-order valence-corrected chi connectivity index (χ4v) is 1.08. The zero-order chi connectivity index (χ0) is 11.6. The summed E-state index contributed by atoms with van der Waals surface area (Å²) in [6, 6.07) is -0.924. The summed E-state index contributed by atoms with van der Waals surface area (Å²) in [5, 5.41) is 2.21. The van der Waals surface area contributed by atoms with Gasteiger partial charge in [-0.15, -0.1) is 0 Å². The van der Waals surface area contributed by atoms with E-state index < -0.39 is 29.7 Å². The van der Waals surface area contributed by atoms with Crippen LogP contribution in [-0.4, -0.2) is 29.7 Å². The smallest absolute Gasteiger partial charge is 0.415 e. The van der Waals surface area contributed by atoms with Gasteiger partial charge >= 0.3 is 18.0 Å². The van der Waals surface area contributed by atoms with E-state index in [0.29, 0.717) is 0 Å². The van der Waals surface area contributed by atoms with E-state index in [1.54, 1.807) is 20.8 Å². The molecule has 1 amide bonds. The van der Waals surface area contributed by atoms with Crippen LogP contribution < -0.4 is 5.32 Å². The number of cyclic esters (lactones) is 2. The largest absolute Gasteiger partial charge is 0.460 e. The number of hydrogen-bond acceptors (Lipinski definition) is 5. The molecule has 6 nitrogen and oxygen atoms in total. The quantitative estimate of drug-likeness (QED) is 0.531. The van der Waals surface area contributed by atoms with Gasteiger partial charge < -0.3 is 14.8 Å². The fraction of sp³-hybridized carbons (Fsp3) is 0.667. The first-order chi connectivity index (χ1) is 6.78. The molecule has 0 radical (unpaired) electrons. The zero-order valence-electron chi connectivity index (χ0n) is 8.83. The lowest BCUT2D eigenvalue weighted by molar-refractivity contribution is -0.157. The van der Waals surface area contributed by atoms with Crippen LogP contribution >= 0.6 is 0 Å². The van der Waals surface area contributed by atoms with Gasteiger partial charge in [-0.1, -0.05) is 0 Å². The Morgan fingerprint density at radius 3 is 2.47 bits per heavy atom. The molecule has 1 N–H and O–H groups in total. The predicted molar refractivity (Wildman–Crippen MR) is 48.9 cm³/mol. The molecule has 1 fully saturated rings. The Balaban J connectivity index is 2.45. The zero-order valence-corrected chi connectivity index (χ0v) is 8.83. The van der Waals surface area contributed by atoms with Gasteiger partial charge in [0, 0.05) is 0 Å². The van der Waals surface area contributed by atoms with Crippen LogP contribution in [0.1, 0.15) is 27.2 Å². The van der Waals surface area contributed by atoms with E-state index in [1.165, 1.54) is 0 Å². The second-order valence-corrected chi connectivity index (χ2v) is 4.20. The van der Waals surface area contributed by atoms with Crippen molar-refractivity contribution in [3.63, 3.8) is 0 Å². The third-order valence-electron chi connectivity index (χ3n) is 1.56. The SMILES string of the molecule is CC(C)(C)OC(=O)C[C@H]1NC(=O)OC1=O. The number of amides is 1. The van der Waals surface area contributed by atoms with Crippen LogP contribution in [0.2, 0.25) is 0 Å². The van der Waals surface area contributed by atoms with Gasteiger partial charge in [-0.25, -0.2) is 9.59 Å². The topological polar surface area (TPSA) is 81.7 Å². The summed E-state index contributed by atoms with van der Waals surface area (Å²) in [4.78, 5) is 32.9. The lowest BCUT2D eigenvalue weighted by Gasteiger charge is -2.19. The first kappa shape index (κ1) is 11.5. The summed E-state index contributed by atoms with van der Waals surface area (Å²) in [7, 11) is 0. The molecule has 0 aliphatic carbocycles.